The number of amides is 1. The minimum atomic E-state index is -1.16. The molecule has 0 saturated carbocycles. The lowest BCUT2D eigenvalue weighted by atomic mass is 10.0. The fraction of sp³-hybridized carbons (Fsp3) is 0.381. The van der Waals surface area contributed by atoms with Gasteiger partial charge in [-0.2, -0.15) is 0 Å². The quantitative estimate of drug-likeness (QED) is 0.499. The van der Waals surface area contributed by atoms with Crippen LogP contribution in [0.3, 0.4) is 0 Å². The molecule has 4 N–H and O–H groups in total. The highest BCUT2D eigenvalue weighted by molar-refractivity contribution is 6.00. The normalized spacial score (nSPS) is 13.2. The van der Waals surface area contributed by atoms with Gasteiger partial charge in [-0.05, 0) is 48.2 Å². The van der Waals surface area contributed by atoms with E-state index in [1.54, 1.807) is 12.1 Å². The van der Waals surface area contributed by atoms with Gasteiger partial charge in [-0.15, -0.1) is 0 Å². The standard InChI is InChI=1S/C21H26N2O5/c1-13(2)11-18(21(27)28)22-10-9-17(20(25)26)23-19(24)16-8-7-14-5-3-4-6-15(14)12-16/h3-8,12-13,17-18,22H,9-11H2,1-2H3,(H,23,24)(H,25,26)(H,27,28). The Balaban J connectivity index is 1.98. The summed E-state index contributed by atoms with van der Waals surface area (Å²) in [5, 5.41) is 25.9. The van der Waals surface area contributed by atoms with Gasteiger partial charge in [0.25, 0.3) is 5.91 Å². The molecule has 0 aliphatic rings. The van der Waals surface area contributed by atoms with E-state index in [2.05, 4.69) is 10.6 Å². The van der Waals surface area contributed by atoms with Gasteiger partial charge in [0.05, 0.1) is 0 Å². The Hall–Kier alpha value is -2.93. The lowest BCUT2D eigenvalue weighted by molar-refractivity contribution is -0.140. The van der Waals surface area contributed by atoms with Crippen LogP contribution >= 0.6 is 0 Å². The van der Waals surface area contributed by atoms with Gasteiger partial charge in [-0.1, -0.05) is 44.2 Å². The molecular weight excluding hydrogens is 360 g/mol. The van der Waals surface area contributed by atoms with E-state index in [9.17, 15) is 24.6 Å². The topological polar surface area (TPSA) is 116 Å². The summed E-state index contributed by atoms with van der Waals surface area (Å²) < 4.78 is 0. The van der Waals surface area contributed by atoms with E-state index in [1.807, 2.05) is 44.2 Å². The minimum absolute atomic E-state index is 0.0799. The number of hydrogen-bond donors (Lipinski definition) is 4. The number of carbonyl (C=O) groups is 3. The maximum atomic E-state index is 12.5. The second-order valence-corrected chi connectivity index (χ2v) is 7.19. The third-order valence-electron chi connectivity index (χ3n) is 4.44. The van der Waals surface area contributed by atoms with Crippen molar-refractivity contribution in [3.8, 4) is 0 Å². The van der Waals surface area contributed by atoms with Gasteiger partial charge in [0, 0.05) is 5.56 Å². The molecular formula is C21H26N2O5. The van der Waals surface area contributed by atoms with Gasteiger partial charge >= 0.3 is 11.9 Å². The average molecular weight is 386 g/mol. The van der Waals surface area contributed by atoms with Crippen molar-refractivity contribution < 1.29 is 24.6 Å². The van der Waals surface area contributed by atoms with Gasteiger partial charge < -0.3 is 20.8 Å². The Morgan fingerprint density at radius 1 is 0.929 bits per heavy atom. The fourth-order valence-corrected chi connectivity index (χ4v) is 2.97. The molecule has 2 aromatic rings. The van der Waals surface area contributed by atoms with Crippen molar-refractivity contribution in [3.05, 3.63) is 48.0 Å². The first-order valence-corrected chi connectivity index (χ1v) is 9.26. The van der Waals surface area contributed by atoms with E-state index in [1.165, 1.54) is 0 Å². The number of carboxylic acids is 2. The number of carboxylic acid groups (broad SMARTS) is 2. The molecule has 150 valence electrons. The minimum Gasteiger partial charge on any atom is -0.480 e. The smallest absolute Gasteiger partial charge is 0.326 e. The third kappa shape index (κ3) is 6.06. The largest absolute Gasteiger partial charge is 0.480 e. The van der Waals surface area contributed by atoms with Crippen LogP contribution < -0.4 is 10.6 Å². The van der Waals surface area contributed by atoms with Crippen LogP contribution in [0.15, 0.2) is 42.5 Å². The average Bonchev–Trinajstić information content (AvgIpc) is 2.65. The van der Waals surface area contributed by atoms with Crippen LogP contribution in [0, 0.1) is 5.92 Å². The number of hydrogen-bond acceptors (Lipinski definition) is 4. The van der Waals surface area contributed by atoms with E-state index in [4.69, 9.17) is 0 Å². The first-order chi connectivity index (χ1) is 13.3. The first-order valence-electron chi connectivity index (χ1n) is 9.26. The van der Waals surface area contributed by atoms with Crippen molar-refractivity contribution in [2.75, 3.05) is 6.54 Å². The van der Waals surface area contributed by atoms with E-state index in [-0.39, 0.29) is 18.9 Å². The molecule has 1 amide bonds. The van der Waals surface area contributed by atoms with Gasteiger partial charge in [0.15, 0.2) is 0 Å². The van der Waals surface area contributed by atoms with Crippen molar-refractivity contribution in [3.63, 3.8) is 0 Å². The molecule has 7 nitrogen and oxygen atoms in total. The number of benzene rings is 2. The van der Waals surface area contributed by atoms with E-state index in [0.29, 0.717) is 12.0 Å². The van der Waals surface area contributed by atoms with Crippen LogP contribution in [0.2, 0.25) is 0 Å². The maximum absolute atomic E-state index is 12.5. The predicted molar refractivity (Wildman–Crippen MR) is 106 cm³/mol. The molecule has 28 heavy (non-hydrogen) atoms. The zero-order chi connectivity index (χ0) is 20.7. The third-order valence-corrected chi connectivity index (χ3v) is 4.44. The molecule has 0 bridgehead atoms. The predicted octanol–water partition coefficient (Wildman–Crippen LogP) is 2.50. The van der Waals surface area contributed by atoms with Crippen LogP contribution in [-0.4, -0.2) is 46.7 Å². The number of carbonyl (C=O) groups excluding carboxylic acids is 1. The molecule has 0 heterocycles. The molecule has 2 rings (SSSR count). The van der Waals surface area contributed by atoms with Crippen molar-refractivity contribution in [1.29, 1.82) is 0 Å². The summed E-state index contributed by atoms with van der Waals surface area (Å²) in [7, 11) is 0. The molecule has 2 aromatic carbocycles. The van der Waals surface area contributed by atoms with E-state index in [0.717, 1.165) is 10.8 Å². The summed E-state index contributed by atoms with van der Waals surface area (Å²) in [5.74, 6) is -2.42. The Morgan fingerprint density at radius 2 is 1.57 bits per heavy atom. The lowest BCUT2D eigenvalue weighted by Gasteiger charge is -2.19. The van der Waals surface area contributed by atoms with E-state index >= 15 is 0 Å². The summed E-state index contributed by atoms with van der Waals surface area (Å²) in [6.07, 6.45) is 0.521. The lowest BCUT2D eigenvalue weighted by Crippen LogP contribution is -2.45. The van der Waals surface area contributed by atoms with Gasteiger partial charge in [-0.3, -0.25) is 9.59 Å². The summed E-state index contributed by atoms with van der Waals surface area (Å²) in [4.78, 5) is 35.2. The van der Waals surface area contributed by atoms with Crippen LogP contribution in [0.4, 0.5) is 0 Å². The van der Waals surface area contributed by atoms with Crippen LogP contribution in [-0.2, 0) is 9.59 Å². The number of nitrogens with one attached hydrogen (secondary N) is 2. The molecule has 0 saturated heterocycles. The van der Waals surface area contributed by atoms with Gasteiger partial charge in [-0.25, -0.2) is 4.79 Å². The van der Waals surface area contributed by atoms with Crippen molar-refractivity contribution in [1.82, 2.24) is 10.6 Å². The molecule has 0 fully saturated rings. The number of aliphatic carboxylic acids is 2. The maximum Gasteiger partial charge on any atom is 0.326 e. The van der Waals surface area contributed by atoms with Crippen LogP contribution in [0.25, 0.3) is 10.8 Å². The molecule has 2 atom stereocenters. The summed E-state index contributed by atoms with van der Waals surface area (Å²) >= 11 is 0. The highest BCUT2D eigenvalue weighted by atomic mass is 16.4. The summed E-state index contributed by atoms with van der Waals surface area (Å²) in [6.45, 7) is 4.00. The monoisotopic (exact) mass is 386 g/mol. The van der Waals surface area contributed by atoms with Gasteiger partial charge in [0.2, 0.25) is 0 Å². The second kappa shape index (κ2) is 9.85. The Kier molecular flexibility index (Phi) is 7.52. The molecule has 0 aliphatic heterocycles. The van der Waals surface area contributed by atoms with E-state index < -0.39 is 29.9 Å². The molecule has 2 unspecified atom stereocenters. The molecule has 0 spiro atoms. The van der Waals surface area contributed by atoms with Gasteiger partial charge in [0.1, 0.15) is 12.1 Å². The van der Waals surface area contributed by atoms with Crippen molar-refractivity contribution in [2.45, 2.75) is 38.8 Å². The SMILES string of the molecule is CC(C)CC(NCCC(NC(=O)c1ccc2ccccc2c1)C(=O)O)C(=O)O. The van der Waals surface area contributed by atoms with Crippen molar-refractivity contribution in [2.24, 2.45) is 5.92 Å². The van der Waals surface area contributed by atoms with Crippen LogP contribution in [0.1, 0.15) is 37.0 Å². The second-order valence-electron chi connectivity index (χ2n) is 7.19. The first kappa shape index (κ1) is 21.4. The summed E-state index contributed by atoms with van der Waals surface area (Å²) in [5.41, 5.74) is 0.376. The summed E-state index contributed by atoms with van der Waals surface area (Å²) in [6, 6.07) is 10.9. The molecule has 0 aromatic heterocycles. The Morgan fingerprint density at radius 3 is 2.18 bits per heavy atom. The van der Waals surface area contributed by atoms with Crippen LogP contribution in [0.5, 0.6) is 0 Å². The highest BCUT2D eigenvalue weighted by Crippen LogP contribution is 2.15. The highest BCUT2D eigenvalue weighted by Gasteiger charge is 2.23. The van der Waals surface area contributed by atoms with Crippen molar-refractivity contribution >= 4 is 28.6 Å². The molecule has 0 aliphatic carbocycles. The number of rotatable bonds is 10. The molecule has 7 heteroatoms. The fourth-order valence-electron chi connectivity index (χ4n) is 2.97. The Labute approximate surface area is 163 Å². The number of fused-ring (bicyclic) bond motifs is 1. The Bertz CT molecular complexity index is 850. The molecule has 0 radical (unpaired) electrons. The zero-order valence-electron chi connectivity index (χ0n) is 16.0. The zero-order valence-corrected chi connectivity index (χ0v) is 16.0.